The first-order chi connectivity index (χ1) is 16.4. The number of rotatable bonds is 8. The molecule has 4 aromatic rings. The van der Waals surface area contributed by atoms with E-state index in [9.17, 15) is 13.6 Å². The molecule has 0 fully saturated rings. The molecule has 0 bridgehead atoms. The lowest BCUT2D eigenvalue weighted by molar-refractivity contribution is -0.139. The topological polar surface area (TPSA) is 73.6 Å². The van der Waals surface area contributed by atoms with Gasteiger partial charge in [0.25, 0.3) is 0 Å². The van der Waals surface area contributed by atoms with Gasteiger partial charge in [-0.15, -0.1) is 0 Å². The van der Waals surface area contributed by atoms with Crippen LogP contribution in [0, 0.1) is 11.6 Å². The van der Waals surface area contributed by atoms with Gasteiger partial charge in [-0.1, -0.05) is 41.9 Å². The summed E-state index contributed by atoms with van der Waals surface area (Å²) in [4.78, 5) is 11.0. The SMILES string of the molecule is COc1ccccc1Cn1nc(-c2cc(F)c(F)cc2OCC(=O)O)cc1-c1ccc(Cl)cc1. The van der Waals surface area contributed by atoms with Gasteiger partial charge in [-0.05, 0) is 35.9 Å². The van der Waals surface area contributed by atoms with Gasteiger partial charge in [-0.2, -0.15) is 5.10 Å². The van der Waals surface area contributed by atoms with Crippen molar-refractivity contribution in [3.63, 3.8) is 0 Å². The first-order valence-corrected chi connectivity index (χ1v) is 10.5. The molecule has 34 heavy (non-hydrogen) atoms. The second-order valence-corrected chi connectivity index (χ2v) is 7.77. The molecule has 9 heteroatoms. The van der Waals surface area contributed by atoms with Crippen LogP contribution in [-0.2, 0) is 11.3 Å². The number of ether oxygens (including phenoxy) is 2. The van der Waals surface area contributed by atoms with Crippen molar-refractivity contribution in [2.75, 3.05) is 13.7 Å². The molecule has 174 valence electrons. The Morgan fingerprint density at radius 2 is 1.74 bits per heavy atom. The highest BCUT2D eigenvalue weighted by molar-refractivity contribution is 6.30. The van der Waals surface area contributed by atoms with Crippen molar-refractivity contribution < 1.29 is 28.2 Å². The maximum Gasteiger partial charge on any atom is 0.341 e. The minimum absolute atomic E-state index is 0.120. The van der Waals surface area contributed by atoms with Crippen LogP contribution >= 0.6 is 11.6 Å². The molecule has 0 aliphatic carbocycles. The fraction of sp³-hybridized carbons (Fsp3) is 0.120. The lowest BCUT2D eigenvalue weighted by Gasteiger charge is -2.11. The van der Waals surface area contributed by atoms with Crippen molar-refractivity contribution in [2.45, 2.75) is 6.54 Å². The van der Waals surface area contributed by atoms with E-state index in [-0.39, 0.29) is 17.0 Å². The molecule has 0 aliphatic heterocycles. The standard InChI is InChI=1S/C25H19ClF2N2O4/c1-33-23-5-3-2-4-16(23)13-30-22(15-6-8-17(26)9-7-15)12-21(29-30)18-10-19(27)20(28)11-24(18)34-14-25(31)32/h2-12H,13-14H2,1H3,(H,31,32). The third kappa shape index (κ3) is 5.02. The number of aliphatic carboxylic acids is 1. The maximum absolute atomic E-state index is 14.2. The zero-order chi connectivity index (χ0) is 24.2. The van der Waals surface area contributed by atoms with Crippen LogP contribution in [0.3, 0.4) is 0 Å². The maximum atomic E-state index is 14.2. The van der Waals surface area contributed by atoms with Gasteiger partial charge in [0.2, 0.25) is 0 Å². The Bertz CT molecular complexity index is 1340. The highest BCUT2D eigenvalue weighted by Crippen LogP contribution is 2.35. The molecule has 1 N–H and O–H groups in total. The summed E-state index contributed by atoms with van der Waals surface area (Å²) in [6.45, 7) is -0.402. The van der Waals surface area contributed by atoms with E-state index in [2.05, 4.69) is 5.10 Å². The van der Waals surface area contributed by atoms with E-state index in [0.717, 1.165) is 23.3 Å². The third-order valence-corrected chi connectivity index (χ3v) is 5.33. The van der Waals surface area contributed by atoms with Gasteiger partial charge in [0.05, 0.1) is 25.0 Å². The van der Waals surface area contributed by atoms with Crippen LogP contribution in [0.4, 0.5) is 8.78 Å². The predicted molar refractivity (Wildman–Crippen MR) is 123 cm³/mol. The summed E-state index contributed by atoms with van der Waals surface area (Å²) in [5.41, 5.74) is 2.70. The van der Waals surface area contributed by atoms with Crippen molar-refractivity contribution >= 4 is 17.6 Å². The predicted octanol–water partition coefficient (Wildman–Crippen LogP) is 5.67. The van der Waals surface area contributed by atoms with Crippen LogP contribution in [0.2, 0.25) is 5.02 Å². The van der Waals surface area contributed by atoms with E-state index >= 15 is 0 Å². The Hall–Kier alpha value is -3.91. The Kier molecular flexibility index (Phi) is 6.79. The Labute approximate surface area is 198 Å². The van der Waals surface area contributed by atoms with Crippen LogP contribution < -0.4 is 9.47 Å². The summed E-state index contributed by atoms with van der Waals surface area (Å²) < 4.78 is 40.4. The smallest absolute Gasteiger partial charge is 0.341 e. The molecule has 1 aromatic heterocycles. The van der Waals surface area contributed by atoms with Gasteiger partial charge in [-0.25, -0.2) is 13.6 Å². The monoisotopic (exact) mass is 484 g/mol. The van der Waals surface area contributed by atoms with Crippen LogP contribution in [0.15, 0.2) is 66.7 Å². The zero-order valence-electron chi connectivity index (χ0n) is 18.0. The second-order valence-electron chi connectivity index (χ2n) is 7.34. The van der Waals surface area contributed by atoms with E-state index in [1.54, 1.807) is 30.0 Å². The number of methoxy groups -OCH3 is 1. The van der Waals surface area contributed by atoms with Crippen molar-refractivity contribution in [2.24, 2.45) is 0 Å². The van der Waals surface area contributed by atoms with Gasteiger partial charge in [0, 0.05) is 22.2 Å². The lowest BCUT2D eigenvalue weighted by atomic mass is 10.1. The Balaban J connectivity index is 1.85. The largest absolute Gasteiger partial charge is 0.496 e. The Morgan fingerprint density at radius 3 is 2.44 bits per heavy atom. The fourth-order valence-electron chi connectivity index (χ4n) is 3.50. The summed E-state index contributed by atoms with van der Waals surface area (Å²) in [5, 5.41) is 14.1. The van der Waals surface area contributed by atoms with E-state index in [1.165, 1.54) is 0 Å². The quantitative estimate of drug-likeness (QED) is 0.349. The summed E-state index contributed by atoms with van der Waals surface area (Å²) in [6, 6.07) is 18.0. The van der Waals surface area contributed by atoms with Gasteiger partial charge >= 0.3 is 5.97 Å². The van der Waals surface area contributed by atoms with Crippen LogP contribution in [-0.4, -0.2) is 34.6 Å². The Morgan fingerprint density at radius 1 is 1.03 bits per heavy atom. The van der Waals surface area contributed by atoms with E-state index < -0.39 is 24.2 Å². The number of hydrogen-bond donors (Lipinski definition) is 1. The highest BCUT2D eigenvalue weighted by Gasteiger charge is 2.19. The molecule has 0 spiro atoms. The van der Waals surface area contributed by atoms with Gasteiger partial charge in [-0.3, -0.25) is 4.68 Å². The summed E-state index contributed by atoms with van der Waals surface area (Å²) >= 11 is 6.04. The average Bonchev–Trinajstić information content (AvgIpc) is 3.23. The molecule has 0 aliphatic rings. The van der Waals surface area contributed by atoms with Crippen molar-refractivity contribution in [1.82, 2.24) is 9.78 Å². The van der Waals surface area contributed by atoms with E-state index in [4.69, 9.17) is 26.2 Å². The van der Waals surface area contributed by atoms with E-state index in [0.29, 0.717) is 23.0 Å². The fourth-order valence-corrected chi connectivity index (χ4v) is 3.63. The molecule has 0 amide bonds. The molecular weight excluding hydrogens is 466 g/mol. The molecule has 1 heterocycles. The zero-order valence-corrected chi connectivity index (χ0v) is 18.7. The molecule has 0 radical (unpaired) electrons. The number of benzene rings is 3. The molecule has 0 saturated carbocycles. The number of carboxylic acids is 1. The molecule has 6 nitrogen and oxygen atoms in total. The number of nitrogens with zero attached hydrogens (tertiary/aromatic N) is 2. The van der Waals surface area contributed by atoms with E-state index in [1.807, 2.05) is 36.4 Å². The second kappa shape index (κ2) is 9.93. The normalized spacial score (nSPS) is 10.8. The number of carbonyl (C=O) groups is 1. The number of carboxylic acid groups (broad SMARTS) is 1. The molecule has 0 saturated heterocycles. The van der Waals surface area contributed by atoms with Crippen LogP contribution in [0.25, 0.3) is 22.5 Å². The van der Waals surface area contributed by atoms with Gasteiger partial charge < -0.3 is 14.6 Å². The number of hydrogen-bond acceptors (Lipinski definition) is 4. The third-order valence-electron chi connectivity index (χ3n) is 5.08. The van der Waals surface area contributed by atoms with Crippen molar-refractivity contribution in [1.29, 1.82) is 0 Å². The number of para-hydroxylation sites is 1. The minimum Gasteiger partial charge on any atom is -0.496 e. The summed E-state index contributed by atoms with van der Waals surface area (Å²) in [7, 11) is 1.57. The lowest BCUT2D eigenvalue weighted by Crippen LogP contribution is -2.10. The summed E-state index contributed by atoms with van der Waals surface area (Å²) in [6.07, 6.45) is 0. The molecule has 4 rings (SSSR count). The average molecular weight is 485 g/mol. The van der Waals surface area contributed by atoms with Crippen LogP contribution in [0.1, 0.15) is 5.56 Å². The molecular formula is C25H19ClF2N2O4. The first-order valence-electron chi connectivity index (χ1n) is 10.2. The number of aromatic nitrogens is 2. The molecule has 0 unspecified atom stereocenters. The number of halogens is 3. The van der Waals surface area contributed by atoms with Gasteiger partial charge in [0.15, 0.2) is 18.2 Å². The minimum atomic E-state index is -1.25. The highest BCUT2D eigenvalue weighted by atomic mass is 35.5. The van der Waals surface area contributed by atoms with Crippen molar-refractivity contribution in [3.05, 3.63) is 89.0 Å². The van der Waals surface area contributed by atoms with Gasteiger partial charge in [0.1, 0.15) is 11.5 Å². The molecule has 0 atom stereocenters. The van der Waals surface area contributed by atoms with Crippen molar-refractivity contribution in [3.8, 4) is 34.0 Å². The molecule has 3 aromatic carbocycles. The summed E-state index contributed by atoms with van der Waals surface area (Å²) in [5.74, 6) is -2.98. The first kappa shape index (κ1) is 23.3. The van der Waals surface area contributed by atoms with Crippen LogP contribution in [0.5, 0.6) is 11.5 Å².